The van der Waals surface area contributed by atoms with Crippen molar-refractivity contribution >= 4 is 21.7 Å². The van der Waals surface area contributed by atoms with Crippen molar-refractivity contribution in [2.24, 2.45) is 16.5 Å². The zero-order valence-corrected chi connectivity index (χ0v) is 13.9. The second kappa shape index (κ2) is 6.40. The lowest BCUT2D eigenvalue weighted by atomic mass is 9.99. The summed E-state index contributed by atoms with van der Waals surface area (Å²) in [6.07, 6.45) is 1.03. The van der Waals surface area contributed by atoms with Crippen LogP contribution in [0.5, 0.6) is 0 Å². The minimum Gasteiger partial charge on any atom is -0.370 e. The average Bonchev–Trinajstić information content (AvgIpc) is 2.45. The quantitative estimate of drug-likeness (QED) is 0.645. The number of hydrogen-bond acceptors (Lipinski definition) is 3. The Labute approximate surface area is 138 Å². The summed E-state index contributed by atoms with van der Waals surface area (Å²) in [5.41, 5.74) is 11.8. The summed E-state index contributed by atoms with van der Waals surface area (Å²) in [7, 11) is -3.65. The van der Waals surface area contributed by atoms with Crippen LogP contribution in [0.2, 0.25) is 0 Å². The highest BCUT2D eigenvalue weighted by Gasteiger charge is 2.20. The van der Waals surface area contributed by atoms with Gasteiger partial charge in [-0.2, -0.15) is 4.99 Å². The van der Waals surface area contributed by atoms with Crippen LogP contribution in [0.3, 0.4) is 0 Å². The van der Waals surface area contributed by atoms with E-state index in [0.717, 1.165) is 6.26 Å². The van der Waals surface area contributed by atoms with Crippen LogP contribution in [0.25, 0.3) is 11.1 Å². The molecule has 1 amide bonds. The average molecular weight is 349 g/mol. The second-order valence-corrected chi connectivity index (χ2v) is 7.27. The number of guanidine groups is 1. The van der Waals surface area contributed by atoms with Gasteiger partial charge in [-0.1, -0.05) is 12.1 Å². The van der Waals surface area contributed by atoms with Crippen molar-refractivity contribution in [3.05, 3.63) is 53.3 Å². The number of benzene rings is 2. The number of nitrogens with zero attached hydrogens (tertiary/aromatic N) is 1. The second-order valence-electron chi connectivity index (χ2n) is 5.28. The molecule has 0 aliphatic heterocycles. The van der Waals surface area contributed by atoms with Crippen molar-refractivity contribution in [3.63, 3.8) is 0 Å². The molecule has 0 radical (unpaired) electrons. The van der Waals surface area contributed by atoms with E-state index >= 15 is 0 Å². The Balaban J connectivity index is 2.74. The third kappa shape index (κ3) is 3.77. The van der Waals surface area contributed by atoms with Gasteiger partial charge in [0.2, 0.25) is 0 Å². The van der Waals surface area contributed by atoms with Gasteiger partial charge in [-0.15, -0.1) is 0 Å². The molecule has 0 saturated carbocycles. The minimum atomic E-state index is -3.65. The van der Waals surface area contributed by atoms with E-state index in [1.807, 2.05) is 0 Å². The normalized spacial score (nSPS) is 11.1. The van der Waals surface area contributed by atoms with E-state index in [1.165, 1.54) is 30.3 Å². The molecule has 0 fully saturated rings. The number of aliphatic imine (C=N–C) groups is 1. The van der Waals surface area contributed by atoms with Crippen molar-refractivity contribution in [2.75, 3.05) is 6.26 Å². The molecule has 0 spiro atoms. The third-order valence-electron chi connectivity index (χ3n) is 3.34. The lowest BCUT2D eigenvalue weighted by Crippen LogP contribution is -2.24. The Morgan fingerprint density at radius 3 is 2.21 bits per heavy atom. The van der Waals surface area contributed by atoms with Gasteiger partial charge in [0.25, 0.3) is 5.91 Å². The number of carbonyl (C=O) groups is 1. The predicted octanol–water partition coefficient (Wildman–Crippen LogP) is 1.62. The molecule has 0 atom stereocenters. The van der Waals surface area contributed by atoms with E-state index in [4.69, 9.17) is 11.5 Å². The van der Waals surface area contributed by atoms with Gasteiger partial charge in [-0.3, -0.25) is 4.79 Å². The maximum atomic E-state index is 13.1. The largest absolute Gasteiger partial charge is 0.370 e. The number of rotatable bonds is 3. The van der Waals surface area contributed by atoms with Crippen LogP contribution >= 0.6 is 0 Å². The van der Waals surface area contributed by atoms with E-state index in [1.54, 1.807) is 13.0 Å². The zero-order valence-electron chi connectivity index (χ0n) is 13.1. The number of sulfone groups is 1. The van der Waals surface area contributed by atoms with Crippen molar-refractivity contribution in [2.45, 2.75) is 11.8 Å². The van der Waals surface area contributed by atoms with Crippen LogP contribution in [0.1, 0.15) is 15.9 Å². The van der Waals surface area contributed by atoms with Gasteiger partial charge in [0, 0.05) is 17.4 Å². The van der Waals surface area contributed by atoms with Crippen LogP contribution < -0.4 is 11.5 Å². The number of amides is 1. The molecule has 2 aromatic carbocycles. The SMILES string of the molecule is Cc1cc(-c2ccc(F)cc2)c(S(C)(=O)=O)cc1C(=O)N=C(N)N. The maximum absolute atomic E-state index is 13.1. The molecule has 0 aromatic heterocycles. The number of hydrogen-bond donors (Lipinski definition) is 2. The Morgan fingerprint density at radius 2 is 1.71 bits per heavy atom. The van der Waals surface area contributed by atoms with Crippen LogP contribution in [-0.2, 0) is 9.84 Å². The fourth-order valence-corrected chi connectivity index (χ4v) is 3.17. The third-order valence-corrected chi connectivity index (χ3v) is 4.48. The fourth-order valence-electron chi connectivity index (χ4n) is 2.26. The van der Waals surface area contributed by atoms with Crippen LogP contribution in [0.4, 0.5) is 4.39 Å². The number of carbonyl (C=O) groups excluding carboxylic acids is 1. The summed E-state index contributed by atoms with van der Waals surface area (Å²) in [6, 6.07) is 8.17. The lowest BCUT2D eigenvalue weighted by molar-refractivity contribution is 0.100. The van der Waals surface area contributed by atoms with Gasteiger partial charge >= 0.3 is 0 Å². The first-order valence-electron chi connectivity index (χ1n) is 6.84. The Kier molecular flexibility index (Phi) is 4.70. The van der Waals surface area contributed by atoms with Gasteiger partial charge in [-0.25, -0.2) is 12.8 Å². The van der Waals surface area contributed by atoms with Gasteiger partial charge in [-0.05, 0) is 42.3 Å². The minimum absolute atomic E-state index is 0.0612. The Morgan fingerprint density at radius 1 is 1.12 bits per heavy atom. The molecule has 0 bridgehead atoms. The van der Waals surface area contributed by atoms with Crippen molar-refractivity contribution < 1.29 is 17.6 Å². The maximum Gasteiger partial charge on any atom is 0.280 e. The monoisotopic (exact) mass is 349 g/mol. The first kappa shape index (κ1) is 17.6. The Bertz CT molecular complexity index is 932. The highest BCUT2D eigenvalue weighted by atomic mass is 32.2. The molecule has 2 aromatic rings. The van der Waals surface area contributed by atoms with Gasteiger partial charge < -0.3 is 11.5 Å². The molecule has 0 heterocycles. The Hall–Kier alpha value is -2.74. The molecule has 4 N–H and O–H groups in total. The van der Waals surface area contributed by atoms with Gasteiger partial charge in [0.05, 0.1) is 4.90 Å². The van der Waals surface area contributed by atoms with E-state index in [-0.39, 0.29) is 10.5 Å². The first-order chi connectivity index (χ1) is 11.1. The predicted molar refractivity (Wildman–Crippen MR) is 89.8 cm³/mol. The van der Waals surface area contributed by atoms with E-state index in [9.17, 15) is 17.6 Å². The number of halogens is 1. The summed E-state index contributed by atoms with van der Waals surface area (Å²) in [5, 5.41) is 0. The van der Waals surface area contributed by atoms with Crippen LogP contribution in [-0.4, -0.2) is 26.5 Å². The molecular weight excluding hydrogens is 333 g/mol. The molecule has 0 aliphatic carbocycles. The molecule has 126 valence electrons. The number of aryl methyl sites for hydroxylation is 1. The topological polar surface area (TPSA) is 116 Å². The molecule has 0 saturated heterocycles. The van der Waals surface area contributed by atoms with Crippen molar-refractivity contribution in [3.8, 4) is 11.1 Å². The van der Waals surface area contributed by atoms with Crippen molar-refractivity contribution in [1.82, 2.24) is 0 Å². The highest BCUT2D eigenvalue weighted by Crippen LogP contribution is 2.31. The zero-order chi connectivity index (χ0) is 18.1. The first-order valence-corrected chi connectivity index (χ1v) is 8.73. The molecule has 8 heteroatoms. The summed E-state index contributed by atoms with van der Waals surface area (Å²) in [4.78, 5) is 15.4. The van der Waals surface area contributed by atoms with Gasteiger partial charge in [0.1, 0.15) is 5.82 Å². The number of nitrogens with two attached hydrogens (primary N) is 2. The smallest absolute Gasteiger partial charge is 0.280 e. The van der Waals surface area contributed by atoms with Gasteiger partial charge in [0.15, 0.2) is 15.8 Å². The summed E-state index contributed by atoms with van der Waals surface area (Å²) < 4.78 is 37.4. The molecule has 0 aliphatic rings. The molecule has 0 unspecified atom stereocenters. The standard InChI is InChI=1S/C16H16FN3O3S/c1-9-7-13(10-3-5-11(17)6-4-10)14(24(2,22)23)8-12(9)15(21)20-16(18)19/h3-8H,1-2H3,(H4,18,19,20,21). The molecule has 6 nitrogen and oxygen atoms in total. The summed E-state index contributed by atoms with van der Waals surface area (Å²) in [5.74, 6) is -1.58. The van der Waals surface area contributed by atoms with Crippen LogP contribution in [0, 0.1) is 12.7 Å². The van der Waals surface area contributed by atoms with Crippen molar-refractivity contribution in [1.29, 1.82) is 0 Å². The van der Waals surface area contributed by atoms with E-state index in [2.05, 4.69) is 4.99 Å². The van der Waals surface area contributed by atoms with Crippen LogP contribution in [0.15, 0.2) is 46.3 Å². The molecule has 24 heavy (non-hydrogen) atoms. The van der Waals surface area contributed by atoms with E-state index < -0.39 is 27.5 Å². The summed E-state index contributed by atoms with van der Waals surface area (Å²) >= 11 is 0. The lowest BCUT2D eigenvalue weighted by Gasteiger charge is -2.12. The highest BCUT2D eigenvalue weighted by molar-refractivity contribution is 7.90. The summed E-state index contributed by atoms with van der Waals surface area (Å²) in [6.45, 7) is 1.63. The van der Waals surface area contributed by atoms with E-state index in [0.29, 0.717) is 16.7 Å². The fraction of sp³-hybridized carbons (Fsp3) is 0.125. The molecular formula is C16H16FN3O3S. The molecule has 2 rings (SSSR count).